The van der Waals surface area contributed by atoms with Crippen molar-refractivity contribution < 1.29 is 9.59 Å². The number of carbonyl (C=O) groups excluding carboxylic acids is 2. The zero-order valence-corrected chi connectivity index (χ0v) is 8.38. The summed E-state index contributed by atoms with van der Waals surface area (Å²) in [7, 11) is 0. The Morgan fingerprint density at radius 2 is 2.12 bits per heavy atom. The number of nitrogens with zero attached hydrogens (tertiary/aromatic N) is 2. The van der Waals surface area contributed by atoms with Crippen molar-refractivity contribution in [2.75, 3.05) is 0 Å². The Labute approximate surface area is 91.8 Å². The number of fused-ring (bicyclic) bond motifs is 2. The number of carbonyl (C=O) groups is 2. The number of hydrogen-bond donors (Lipinski definition) is 0. The van der Waals surface area contributed by atoms with Gasteiger partial charge in [-0.25, -0.2) is 4.99 Å². The predicted octanol–water partition coefficient (Wildman–Crippen LogP) is 0.802. The van der Waals surface area contributed by atoms with Gasteiger partial charge in [-0.15, -0.1) is 0 Å². The number of Topliss-reactive ketones (excluding diaryl/α,β-unsaturated/α-hetero) is 1. The highest BCUT2D eigenvalue weighted by atomic mass is 16.1. The molecule has 3 rings (SSSR count). The summed E-state index contributed by atoms with van der Waals surface area (Å²) in [6, 6.07) is -0.612. The summed E-state index contributed by atoms with van der Waals surface area (Å²) in [6.45, 7) is 0. The summed E-state index contributed by atoms with van der Waals surface area (Å²) in [5.41, 5.74) is 1.53. The Bertz CT molecular complexity index is 547. The van der Waals surface area contributed by atoms with Crippen molar-refractivity contribution in [1.29, 1.82) is 0 Å². The third kappa shape index (κ3) is 1.23. The minimum atomic E-state index is -0.612. The first-order valence-electron chi connectivity index (χ1n) is 5.04. The molecule has 0 N–H and O–H groups in total. The second kappa shape index (κ2) is 3.20. The molecule has 0 saturated carbocycles. The Hall–Kier alpha value is -2.10. The van der Waals surface area contributed by atoms with Crippen LogP contribution in [0.4, 0.5) is 0 Å². The third-order valence-corrected chi connectivity index (χ3v) is 2.67. The van der Waals surface area contributed by atoms with Crippen LogP contribution < -0.4 is 0 Å². The van der Waals surface area contributed by atoms with Crippen LogP contribution in [0.15, 0.2) is 46.1 Å². The molecule has 1 aliphatic heterocycles. The zero-order valence-electron chi connectivity index (χ0n) is 8.38. The largest absolute Gasteiger partial charge is 0.292 e. The summed E-state index contributed by atoms with van der Waals surface area (Å²) in [6.07, 6.45) is 8.76. The predicted molar refractivity (Wildman–Crippen MR) is 59.7 cm³/mol. The molecule has 0 fully saturated rings. The monoisotopic (exact) mass is 212 g/mol. The van der Waals surface area contributed by atoms with Gasteiger partial charge in [0.05, 0.1) is 11.4 Å². The summed E-state index contributed by atoms with van der Waals surface area (Å²) < 4.78 is 0. The number of hydrogen-bond acceptors (Lipinski definition) is 4. The van der Waals surface area contributed by atoms with E-state index in [0.717, 1.165) is 0 Å². The molecular weight excluding hydrogens is 204 g/mol. The second-order valence-electron chi connectivity index (χ2n) is 3.76. The normalized spacial score (nSPS) is 26.8. The maximum atomic E-state index is 11.6. The van der Waals surface area contributed by atoms with Crippen LogP contribution in [0.3, 0.4) is 0 Å². The van der Waals surface area contributed by atoms with Gasteiger partial charge >= 0.3 is 0 Å². The molecule has 2 aliphatic carbocycles. The fourth-order valence-electron chi connectivity index (χ4n) is 1.89. The van der Waals surface area contributed by atoms with Gasteiger partial charge in [-0.2, -0.15) is 0 Å². The van der Waals surface area contributed by atoms with Gasteiger partial charge in [-0.05, 0) is 18.2 Å². The number of rotatable bonds is 0. The molecule has 0 spiro atoms. The smallest absolute Gasteiger partial charge is 0.186 e. The van der Waals surface area contributed by atoms with Gasteiger partial charge in [0.2, 0.25) is 0 Å². The van der Waals surface area contributed by atoms with Crippen LogP contribution in [-0.4, -0.2) is 29.0 Å². The molecule has 16 heavy (non-hydrogen) atoms. The molecule has 1 unspecified atom stereocenters. The zero-order chi connectivity index (χ0) is 11.1. The van der Waals surface area contributed by atoms with E-state index in [4.69, 9.17) is 0 Å². The first-order chi connectivity index (χ1) is 7.75. The molecule has 1 heterocycles. The van der Waals surface area contributed by atoms with Crippen LogP contribution in [0, 0.1) is 0 Å². The van der Waals surface area contributed by atoms with Crippen molar-refractivity contribution in [2.24, 2.45) is 9.98 Å². The van der Waals surface area contributed by atoms with E-state index in [1.165, 1.54) is 6.08 Å². The molecule has 4 heteroatoms. The molecule has 0 saturated heterocycles. The Balaban J connectivity index is 2.14. The first-order valence-corrected chi connectivity index (χ1v) is 5.04. The molecular formula is C12H8N2O2. The van der Waals surface area contributed by atoms with Crippen molar-refractivity contribution in [3.05, 3.63) is 36.1 Å². The van der Waals surface area contributed by atoms with Gasteiger partial charge in [0.15, 0.2) is 17.6 Å². The number of allylic oxidation sites excluding steroid dienone is 4. The Morgan fingerprint density at radius 1 is 1.25 bits per heavy atom. The van der Waals surface area contributed by atoms with Crippen LogP contribution in [0.2, 0.25) is 0 Å². The van der Waals surface area contributed by atoms with Crippen LogP contribution in [-0.2, 0) is 9.59 Å². The van der Waals surface area contributed by atoms with E-state index in [0.29, 0.717) is 23.5 Å². The Kier molecular flexibility index (Phi) is 1.83. The molecule has 78 valence electrons. The van der Waals surface area contributed by atoms with Crippen LogP contribution >= 0.6 is 0 Å². The summed E-state index contributed by atoms with van der Waals surface area (Å²) in [4.78, 5) is 31.7. The molecule has 0 aromatic carbocycles. The van der Waals surface area contributed by atoms with E-state index in [9.17, 15) is 9.59 Å². The first kappa shape index (κ1) is 9.15. The molecule has 1 atom stereocenters. The summed E-state index contributed by atoms with van der Waals surface area (Å²) in [5.74, 6) is -0.183. The van der Waals surface area contributed by atoms with Crippen molar-refractivity contribution in [1.82, 2.24) is 0 Å². The van der Waals surface area contributed by atoms with E-state index >= 15 is 0 Å². The standard InChI is InChI=1S/C12H8N2O2/c15-9-5-1-3-7-11(9)14-12-8(13-7)4-2-6-10(12)16/h1-5,11H,6H2. The average Bonchev–Trinajstić information content (AvgIpc) is 2.28. The van der Waals surface area contributed by atoms with E-state index in [1.807, 2.05) is 0 Å². The highest BCUT2D eigenvalue weighted by Crippen LogP contribution is 2.22. The molecule has 4 nitrogen and oxygen atoms in total. The van der Waals surface area contributed by atoms with E-state index < -0.39 is 6.04 Å². The fraction of sp³-hybridized carbons (Fsp3) is 0.167. The van der Waals surface area contributed by atoms with Crippen molar-refractivity contribution in [3.8, 4) is 0 Å². The lowest BCUT2D eigenvalue weighted by Gasteiger charge is -2.21. The van der Waals surface area contributed by atoms with E-state index in [-0.39, 0.29) is 11.6 Å². The second-order valence-corrected chi connectivity index (χ2v) is 3.76. The number of aliphatic imine (C=N–C) groups is 2. The van der Waals surface area contributed by atoms with Gasteiger partial charge < -0.3 is 0 Å². The minimum absolute atomic E-state index is 0.0670. The van der Waals surface area contributed by atoms with Crippen molar-refractivity contribution in [2.45, 2.75) is 12.5 Å². The topological polar surface area (TPSA) is 58.9 Å². The van der Waals surface area contributed by atoms with Crippen LogP contribution in [0.1, 0.15) is 6.42 Å². The van der Waals surface area contributed by atoms with Crippen molar-refractivity contribution in [3.63, 3.8) is 0 Å². The van der Waals surface area contributed by atoms with Gasteiger partial charge in [-0.3, -0.25) is 14.6 Å². The number of ketones is 2. The third-order valence-electron chi connectivity index (χ3n) is 2.67. The molecule has 3 aliphatic rings. The SMILES string of the molecule is O=C1CC=CC2=NC3=CC=CC(=O)C3N=C12. The Morgan fingerprint density at radius 3 is 3.00 bits per heavy atom. The lowest BCUT2D eigenvalue weighted by Crippen LogP contribution is -2.35. The highest BCUT2D eigenvalue weighted by Gasteiger charge is 2.31. The maximum absolute atomic E-state index is 11.6. The maximum Gasteiger partial charge on any atom is 0.186 e. The summed E-state index contributed by atoms with van der Waals surface area (Å²) in [5, 5.41) is 0. The van der Waals surface area contributed by atoms with Crippen LogP contribution in [0.25, 0.3) is 0 Å². The molecule has 0 amide bonds. The molecule has 0 bridgehead atoms. The molecule has 0 aromatic rings. The van der Waals surface area contributed by atoms with E-state index in [2.05, 4.69) is 9.98 Å². The minimum Gasteiger partial charge on any atom is -0.292 e. The van der Waals surface area contributed by atoms with Gasteiger partial charge in [0, 0.05) is 6.42 Å². The molecule has 0 aromatic heterocycles. The van der Waals surface area contributed by atoms with E-state index in [1.54, 1.807) is 24.3 Å². The lowest BCUT2D eigenvalue weighted by atomic mass is 9.96. The van der Waals surface area contributed by atoms with Crippen LogP contribution in [0.5, 0.6) is 0 Å². The van der Waals surface area contributed by atoms with Gasteiger partial charge in [0.1, 0.15) is 5.71 Å². The molecule has 0 radical (unpaired) electrons. The van der Waals surface area contributed by atoms with Crippen molar-refractivity contribution >= 4 is 23.0 Å². The lowest BCUT2D eigenvalue weighted by molar-refractivity contribution is -0.115. The quantitative estimate of drug-likeness (QED) is 0.596. The van der Waals surface area contributed by atoms with Gasteiger partial charge in [0.25, 0.3) is 0 Å². The summed E-state index contributed by atoms with van der Waals surface area (Å²) >= 11 is 0. The fourth-order valence-corrected chi connectivity index (χ4v) is 1.89. The highest BCUT2D eigenvalue weighted by molar-refractivity contribution is 6.71. The van der Waals surface area contributed by atoms with Gasteiger partial charge in [-0.1, -0.05) is 12.2 Å². The average molecular weight is 212 g/mol.